The van der Waals surface area contributed by atoms with Gasteiger partial charge in [-0.25, -0.2) is 0 Å². The summed E-state index contributed by atoms with van der Waals surface area (Å²) >= 11 is 0. The monoisotopic (exact) mass is 282 g/mol. The molecule has 0 aliphatic carbocycles. The van der Waals surface area contributed by atoms with Gasteiger partial charge >= 0.3 is 0 Å². The van der Waals surface area contributed by atoms with E-state index in [0.29, 0.717) is 25.3 Å². The molecule has 1 atom stereocenters. The van der Waals surface area contributed by atoms with E-state index in [1.165, 1.54) is 5.56 Å². The Hall–Kier alpha value is -2.20. The van der Waals surface area contributed by atoms with Crippen LogP contribution in [0.3, 0.4) is 0 Å². The van der Waals surface area contributed by atoms with Crippen molar-refractivity contribution in [2.75, 3.05) is 19.7 Å². The molecule has 0 saturated carbocycles. The van der Waals surface area contributed by atoms with E-state index in [4.69, 9.17) is 4.74 Å². The van der Waals surface area contributed by atoms with Gasteiger partial charge in [0.2, 0.25) is 0 Å². The van der Waals surface area contributed by atoms with Crippen molar-refractivity contribution in [1.29, 1.82) is 0 Å². The lowest BCUT2D eigenvalue weighted by Gasteiger charge is -2.33. The SMILES string of the molecule is Cc1ccc(C2CN(C(=O)c3ccncc3)CCO2)cc1. The number of benzene rings is 1. The Labute approximate surface area is 124 Å². The van der Waals surface area contributed by atoms with E-state index in [1.54, 1.807) is 24.5 Å². The number of carbonyl (C=O) groups is 1. The smallest absolute Gasteiger partial charge is 0.254 e. The Bertz CT molecular complexity index is 610. The third-order valence-electron chi connectivity index (χ3n) is 3.73. The molecule has 0 spiro atoms. The number of pyridine rings is 1. The molecule has 4 heteroatoms. The van der Waals surface area contributed by atoms with E-state index in [2.05, 4.69) is 36.2 Å². The Kier molecular flexibility index (Phi) is 3.97. The molecule has 4 nitrogen and oxygen atoms in total. The number of ether oxygens (including phenoxy) is 1. The maximum absolute atomic E-state index is 12.5. The first-order valence-corrected chi connectivity index (χ1v) is 7.11. The third kappa shape index (κ3) is 3.11. The minimum Gasteiger partial charge on any atom is -0.370 e. The minimum atomic E-state index is -0.0508. The zero-order valence-corrected chi connectivity index (χ0v) is 12.0. The average Bonchev–Trinajstić information content (AvgIpc) is 2.56. The molecule has 2 aromatic rings. The molecule has 1 saturated heterocycles. The van der Waals surface area contributed by atoms with Gasteiger partial charge in [-0.2, -0.15) is 0 Å². The van der Waals surface area contributed by atoms with Crippen LogP contribution < -0.4 is 0 Å². The summed E-state index contributed by atoms with van der Waals surface area (Å²) in [6.45, 7) is 3.84. The Morgan fingerprint density at radius 1 is 1.19 bits per heavy atom. The molecule has 1 aromatic carbocycles. The van der Waals surface area contributed by atoms with Crippen LogP contribution in [0.2, 0.25) is 0 Å². The van der Waals surface area contributed by atoms with Gasteiger partial charge in [-0.1, -0.05) is 29.8 Å². The molecule has 21 heavy (non-hydrogen) atoms. The second-order valence-corrected chi connectivity index (χ2v) is 5.26. The van der Waals surface area contributed by atoms with Crippen LogP contribution >= 0.6 is 0 Å². The van der Waals surface area contributed by atoms with Crippen molar-refractivity contribution >= 4 is 5.91 Å². The summed E-state index contributed by atoms with van der Waals surface area (Å²) in [5.41, 5.74) is 3.02. The van der Waals surface area contributed by atoms with Crippen molar-refractivity contribution in [3.63, 3.8) is 0 Å². The molecule has 108 valence electrons. The van der Waals surface area contributed by atoms with Gasteiger partial charge in [-0.3, -0.25) is 9.78 Å². The summed E-state index contributed by atoms with van der Waals surface area (Å²) in [5.74, 6) is 0.0396. The van der Waals surface area contributed by atoms with E-state index in [9.17, 15) is 4.79 Å². The molecule has 1 aromatic heterocycles. The van der Waals surface area contributed by atoms with E-state index >= 15 is 0 Å². The lowest BCUT2D eigenvalue weighted by Crippen LogP contribution is -2.42. The molecule has 0 N–H and O–H groups in total. The summed E-state index contributed by atoms with van der Waals surface area (Å²) < 4.78 is 5.81. The van der Waals surface area contributed by atoms with Gasteiger partial charge in [0.1, 0.15) is 6.10 Å². The van der Waals surface area contributed by atoms with Crippen LogP contribution in [0.5, 0.6) is 0 Å². The molecule has 2 heterocycles. The molecule has 1 unspecified atom stereocenters. The van der Waals surface area contributed by atoms with Crippen LogP contribution in [-0.4, -0.2) is 35.5 Å². The first-order valence-electron chi connectivity index (χ1n) is 7.11. The van der Waals surface area contributed by atoms with Crippen molar-refractivity contribution in [1.82, 2.24) is 9.88 Å². The number of aromatic nitrogens is 1. The number of rotatable bonds is 2. The summed E-state index contributed by atoms with van der Waals surface area (Å²) in [6.07, 6.45) is 3.24. The number of hydrogen-bond acceptors (Lipinski definition) is 3. The van der Waals surface area contributed by atoms with Gasteiger partial charge in [0.25, 0.3) is 5.91 Å². The van der Waals surface area contributed by atoms with Crippen molar-refractivity contribution in [2.24, 2.45) is 0 Å². The summed E-state index contributed by atoms with van der Waals surface area (Å²) in [4.78, 5) is 18.3. The number of nitrogens with zero attached hydrogens (tertiary/aromatic N) is 2. The molecular weight excluding hydrogens is 264 g/mol. The fourth-order valence-electron chi connectivity index (χ4n) is 2.49. The average molecular weight is 282 g/mol. The number of carbonyl (C=O) groups excluding carboxylic acids is 1. The highest BCUT2D eigenvalue weighted by molar-refractivity contribution is 5.94. The zero-order chi connectivity index (χ0) is 14.7. The van der Waals surface area contributed by atoms with E-state index in [1.807, 2.05) is 4.90 Å². The van der Waals surface area contributed by atoms with Crippen LogP contribution in [0.15, 0.2) is 48.8 Å². The number of morpholine rings is 1. The van der Waals surface area contributed by atoms with Crippen LogP contribution in [0, 0.1) is 6.92 Å². The number of aryl methyl sites for hydroxylation is 1. The number of amides is 1. The number of hydrogen-bond donors (Lipinski definition) is 0. The van der Waals surface area contributed by atoms with Crippen molar-refractivity contribution in [2.45, 2.75) is 13.0 Å². The van der Waals surface area contributed by atoms with Crippen molar-refractivity contribution in [3.8, 4) is 0 Å². The molecule has 1 fully saturated rings. The zero-order valence-electron chi connectivity index (χ0n) is 12.0. The highest BCUT2D eigenvalue weighted by atomic mass is 16.5. The standard InChI is InChI=1S/C17H18N2O2/c1-13-2-4-14(5-3-13)16-12-19(10-11-21-16)17(20)15-6-8-18-9-7-15/h2-9,16H,10-12H2,1H3. The van der Waals surface area contributed by atoms with Gasteiger partial charge < -0.3 is 9.64 Å². The summed E-state index contributed by atoms with van der Waals surface area (Å²) in [7, 11) is 0. The summed E-state index contributed by atoms with van der Waals surface area (Å²) in [5, 5.41) is 0. The van der Waals surface area contributed by atoms with Gasteiger partial charge in [-0.15, -0.1) is 0 Å². The van der Waals surface area contributed by atoms with Crippen LogP contribution in [0.1, 0.15) is 27.6 Å². The van der Waals surface area contributed by atoms with Crippen molar-refractivity contribution in [3.05, 3.63) is 65.5 Å². The molecule has 0 radical (unpaired) electrons. The Morgan fingerprint density at radius 2 is 1.90 bits per heavy atom. The van der Waals surface area contributed by atoms with E-state index in [-0.39, 0.29) is 12.0 Å². The van der Waals surface area contributed by atoms with Gasteiger partial charge in [0, 0.05) is 24.5 Å². The molecule has 1 amide bonds. The Balaban J connectivity index is 1.74. The minimum absolute atomic E-state index is 0.0396. The second kappa shape index (κ2) is 6.06. The highest BCUT2D eigenvalue weighted by Gasteiger charge is 2.25. The molecular formula is C17H18N2O2. The topological polar surface area (TPSA) is 42.4 Å². The fraction of sp³-hybridized carbons (Fsp3) is 0.294. The van der Waals surface area contributed by atoms with Gasteiger partial charge in [0.15, 0.2) is 0 Å². The maximum atomic E-state index is 12.5. The summed E-state index contributed by atoms with van der Waals surface area (Å²) in [6, 6.07) is 11.8. The van der Waals surface area contributed by atoms with Crippen LogP contribution in [-0.2, 0) is 4.74 Å². The first-order chi connectivity index (χ1) is 10.2. The predicted molar refractivity (Wildman–Crippen MR) is 80.0 cm³/mol. The lowest BCUT2D eigenvalue weighted by molar-refractivity contribution is -0.0228. The molecule has 0 bridgehead atoms. The van der Waals surface area contributed by atoms with E-state index < -0.39 is 0 Å². The quantitative estimate of drug-likeness (QED) is 0.850. The largest absolute Gasteiger partial charge is 0.370 e. The van der Waals surface area contributed by atoms with Gasteiger partial charge in [-0.05, 0) is 24.6 Å². The predicted octanol–water partition coefficient (Wildman–Crippen LogP) is 2.60. The second-order valence-electron chi connectivity index (χ2n) is 5.26. The van der Waals surface area contributed by atoms with Crippen LogP contribution in [0.4, 0.5) is 0 Å². The fourth-order valence-corrected chi connectivity index (χ4v) is 2.49. The normalized spacial score (nSPS) is 18.5. The van der Waals surface area contributed by atoms with Crippen molar-refractivity contribution < 1.29 is 9.53 Å². The van der Waals surface area contributed by atoms with E-state index in [0.717, 1.165) is 5.56 Å². The Morgan fingerprint density at radius 3 is 2.62 bits per heavy atom. The lowest BCUT2D eigenvalue weighted by atomic mass is 10.1. The molecule has 3 rings (SSSR count). The third-order valence-corrected chi connectivity index (χ3v) is 3.73. The maximum Gasteiger partial charge on any atom is 0.254 e. The van der Waals surface area contributed by atoms with Gasteiger partial charge in [0.05, 0.1) is 13.2 Å². The highest BCUT2D eigenvalue weighted by Crippen LogP contribution is 2.23. The molecule has 1 aliphatic rings. The first kappa shape index (κ1) is 13.8. The molecule has 1 aliphatic heterocycles. The van der Waals surface area contributed by atoms with Crippen LogP contribution in [0.25, 0.3) is 0 Å².